The van der Waals surface area contributed by atoms with Crippen LogP contribution in [0.2, 0.25) is 0 Å². The quantitative estimate of drug-likeness (QED) is 0.525. The molecule has 1 rings (SSSR count). The number of nitrogens with two attached hydrogens (primary N) is 1. The lowest BCUT2D eigenvalue weighted by Gasteiger charge is -2.08. The van der Waals surface area contributed by atoms with Gasteiger partial charge in [-0.15, -0.1) is 12.4 Å². The summed E-state index contributed by atoms with van der Waals surface area (Å²) in [5.41, 5.74) is 5.50. The highest BCUT2D eigenvalue weighted by atomic mass is 35.5. The van der Waals surface area contributed by atoms with Crippen molar-refractivity contribution in [3.8, 4) is 0 Å². The van der Waals surface area contributed by atoms with Crippen molar-refractivity contribution in [2.45, 2.75) is 25.9 Å². The van der Waals surface area contributed by atoms with Crippen LogP contribution in [0.25, 0.3) is 0 Å². The fourth-order valence-electron chi connectivity index (χ4n) is 1.00. The molecule has 1 saturated heterocycles. The van der Waals surface area contributed by atoms with E-state index in [1.807, 2.05) is 13.8 Å². The Balaban J connectivity index is 0.000000810. The molecule has 3 N–H and O–H groups in total. The first-order valence-corrected chi connectivity index (χ1v) is 3.19. The maximum absolute atomic E-state index is 10.8. The molecule has 0 spiro atoms. The van der Waals surface area contributed by atoms with E-state index in [4.69, 9.17) is 5.73 Å². The Morgan fingerprint density at radius 1 is 1.50 bits per heavy atom. The van der Waals surface area contributed by atoms with Crippen LogP contribution < -0.4 is 11.1 Å². The highest BCUT2D eigenvalue weighted by Gasteiger charge is 2.33. The Morgan fingerprint density at radius 3 is 2.10 bits per heavy atom. The highest BCUT2D eigenvalue weighted by molar-refractivity contribution is 5.85. The van der Waals surface area contributed by atoms with E-state index in [0.29, 0.717) is 0 Å². The van der Waals surface area contributed by atoms with Gasteiger partial charge in [-0.05, 0) is 6.92 Å². The van der Waals surface area contributed by atoms with Gasteiger partial charge in [0.15, 0.2) is 0 Å². The number of carbonyl (C=O) groups excluding carboxylic acids is 1. The summed E-state index contributed by atoms with van der Waals surface area (Å²) >= 11 is 0. The molecule has 1 fully saturated rings. The molecule has 3 nitrogen and oxygen atoms in total. The van der Waals surface area contributed by atoms with Crippen LogP contribution in [0.5, 0.6) is 0 Å². The predicted molar refractivity (Wildman–Crippen MR) is 42.0 cm³/mol. The van der Waals surface area contributed by atoms with Gasteiger partial charge in [-0.1, -0.05) is 6.92 Å². The summed E-state index contributed by atoms with van der Waals surface area (Å²) in [6.45, 7) is 3.95. The molecule has 0 aromatic heterocycles. The van der Waals surface area contributed by atoms with E-state index in [2.05, 4.69) is 5.32 Å². The largest absolute Gasteiger partial charge is 0.352 e. The molecule has 10 heavy (non-hydrogen) atoms. The summed E-state index contributed by atoms with van der Waals surface area (Å²) in [4.78, 5) is 10.8. The molecule has 0 saturated carbocycles. The highest BCUT2D eigenvalue weighted by Crippen LogP contribution is 2.13. The van der Waals surface area contributed by atoms with Gasteiger partial charge in [0.2, 0.25) is 5.91 Å². The molecule has 0 radical (unpaired) electrons. The summed E-state index contributed by atoms with van der Waals surface area (Å²) in [5, 5.41) is 2.75. The molecule has 60 valence electrons. The second-order valence-electron chi connectivity index (χ2n) is 2.68. The zero-order valence-electron chi connectivity index (χ0n) is 6.13. The van der Waals surface area contributed by atoms with Crippen molar-refractivity contribution in [1.82, 2.24) is 5.32 Å². The van der Waals surface area contributed by atoms with Gasteiger partial charge >= 0.3 is 0 Å². The van der Waals surface area contributed by atoms with E-state index in [1.54, 1.807) is 0 Å². The van der Waals surface area contributed by atoms with Crippen LogP contribution in [-0.4, -0.2) is 18.0 Å². The molecule has 0 aromatic rings. The van der Waals surface area contributed by atoms with Crippen LogP contribution in [0.3, 0.4) is 0 Å². The van der Waals surface area contributed by atoms with E-state index < -0.39 is 0 Å². The minimum atomic E-state index is -0.292. The monoisotopic (exact) mass is 164 g/mol. The molecule has 0 aromatic carbocycles. The molecule has 4 heteroatoms. The van der Waals surface area contributed by atoms with Crippen molar-refractivity contribution in [2.24, 2.45) is 11.7 Å². The minimum Gasteiger partial charge on any atom is -0.352 e. The molecule has 1 heterocycles. The van der Waals surface area contributed by atoms with Gasteiger partial charge in [0.1, 0.15) is 0 Å². The van der Waals surface area contributed by atoms with E-state index in [-0.39, 0.29) is 36.3 Å². The lowest BCUT2D eigenvalue weighted by Crippen LogP contribution is -2.32. The van der Waals surface area contributed by atoms with Crippen LogP contribution >= 0.6 is 12.4 Å². The van der Waals surface area contributed by atoms with Crippen molar-refractivity contribution >= 4 is 18.3 Å². The fraction of sp³-hybridized carbons (Fsp3) is 0.833. The lowest BCUT2D eigenvalue weighted by atomic mass is 10.0. The fourth-order valence-corrected chi connectivity index (χ4v) is 1.00. The second kappa shape index (κ2) is 3.21. The van der Waals surface area contributed by atoms with E-state index in [0.717, 1.165) is 0 Å². The molecule has 1 aliphatic rings. The first-order valence-electron chi connectivity index (χ1n) is 3.19. The SMILES string of the molecule is CC1NC(=O)C(N)C1C.Cl. The summed E-state index contributed by atoms with van der Waals surface area (Å²) in [6, 6.07) is -0.0486. The van der Waals surface area contributed by atoms with Crippen molar-refractivity contribution in [3.63, 3.8) is 0 Å². The van der Waals surface area contributed by atoms with Gasteiger partial charge < -0.3 is 11.1 Å². The third kappa shape index (κ3) is 1.41. The van der Waals surface area contributed by atoms with E-state index in [9.17, 15) is 4.79 Å². The molecule has 3 unspecified atom stereocenters. The van der Waals surface area contributed by atoms with Gasteiger partial charge in [-0.25, -0.2) is 0 Å². The Kier molecular flexibility index (Phi) is 3.12. The number of carbonyl (C=O) groups is 1. The first-order chi connectivity index (χ1) is 4.13. The van der Waals surface area contributed by atoms with Gasteiger partial charge in [0.25, 0.3) is 0 Å². The Labute approximate surface area is 66.8 Å². The third-order valence-corrected chi connectivity index (χ3v) is 2.03. The molecular weight excluding hydrogens is 152 g/mol. The maximum atomic E-state index is 10.8. The first kappa shape index (κ1) is 9.72. The Morgan fingerprint density at radius 2 is 2.00 bits per heavy atom. The Hall–Kier alpha value is -0.280. The number of amides is 1. The number of halogens is 1. The second-order valence-corrected chi connectivity index (χ2v) is 2.68. The van der Waals surface area contributed by atoms with Crippen LogP contribution in [0.1, 0.15) is 13.8 Å². The summed E-state index contributed by atoms with van der Waals surface area (Å²) in [7, 11) is 0. The summed E-state index contributed by atoms with van der Waals surface area (Å²) in [5.74, 6) is 0.257. The molecule has 1 aliphatic heterocycles. The van der Waals surface area contributed by atoms with Crippen molar-refractivity contribution in [2.75, 3.05) is 0 Å². The average Bonchev–Trinajstić information content (AvgIpc) is 1.98. The average molecular weight is 165 g/mol. The van der Waals surface area contributed by atoms with E-state index >= 15 is 0 Å². The van der Waals surface area contributed by atoms with Gasteiger partial charge in [-0.3, -0.25) is 4.79 Å². The van der Waals surface area contributed by atoms with Crippen molar-refractivity contribution < 1.29 is 4.79 Å². The summed E-state index contributed by atoms with van der Waals surface area (Å²) in [6.07, 6.45) is 0. The molecule has 0 bridgehead atoms. The predicted octanol–water partition coefficient (Wildman–Crippen LogP) is -0.110. The summed E-state index contributed by atoms with van der Waals surface area (Å²) < 4.78 is 0. The minimum absolute atomic E-state index is 0. The smallest absolute Gasteiger partial charge is 0.237 e. The van der Waals surface area contributed by atoms with Gasteiger partial charge in [0.05, 0.1) is 6.04 Å². The van der Waals surface area contributed by atoms with Crippen molar-refractivity contribution in [3.05, 3.63) is 0 Å². The topological polar surface area (TPSA) is 55.1 Å². The van der Waals surface area contributed by atoms with Crippen LogP contribution in [0.15, 0.2) is 0 Å². The van der Waals surface area contributed by atoms with Gasteiger partial charge in [-0.2, -0.15) is 0 Å². The zero-order chi connectivity index (χ0) is 7.02. The Bertz CT molecular complexity index is 140. The number of hydrogen-bond acceptors (Lipinski definition) is 2. The van der Waals surface area contributed by atoms with Crippen LogP contribution in [0, 0.1) is 5.92 Å². The van der Waals surface area contributed by atoms with Crippen molar-refractivity contribution in [1.29, 1.82) is 0 Å². The zero-order valence-corrected chi connectivity index (χ0v) is 6.94. The molecular formula is C6H13ClN2O. The maximum Gasteiger partial charge on any atom is 0.237 e. The molecule has 3 atom stereocenters. The van der Waals surface area contributed by atoms with E-state index in [1.165, 1.54) is 0 Å². The number of rotatable bonds is 0. The molecule has 1 amide bonds. The lowest BCUT2D eigenvalue weighted by molar-refractivity contribution is -0.120. The standard InChI is InChI=1S/C6H12N2O.ClH/c1-3-4(2)8-6(9)5(3)7;/h3-5H,7H2,1-2H3,(H,8,9);1H. The normalized spacial score (nSPS) is 38.7. The number of nitrogens with one attached hydrogen (secondary N) is 1. The number of hydrogen-bond donors (Lipinski definition) is 2. The van der Waals surface area contributed by atoms with Gasteiger partial charge in [0, 0.05) is 12.0 Å². The third-order valence-electron chi connectivity index (χ3n) is 2.03. The van der Waals surface area contributed by atoms with Crippen LogP contribution in [-0.2, 0) is 4.79 Å². The van der Waals surface area contributed by atoms with Crippen LogP contribution in [0.4, 0.5) is 0 Å². The molecule has 0 aliphatic carbocycles.